The zero-order valence-corrected chi connectivity index (χ0v) is 23.5. The molecule has 0 unspecified atom stereocenters. The van der Waals surface area contributed by atoms with Gasteiger partial charge in [0.15, 0.2) is 0 Å². The average molecular weight is 572 g/mol. The molecular weight excluding hydrogens is 539 g/mol. The van der Waals surface area contributed by atoms with Crippen molar-refractivity contribution in [3.63, 3.8) is 0 Å². The molecule has 1 saturated carbocycles. The van der Waals surface area contributed by atoms with Gasteiger partial charge < -0.3 is 14.2 Å². The summed E-state index contributed by atoms with van der Waals surface area (Å²) in [7, 11) is 0. The van der Waals surface area contributed by atoms with Crippen molar-refractivity contribution in [2.45, 2.75) is 65.5 Å². The molecule has 0 aliphatic heterocycles. The number of hydrogen-bond acceptors (Lipinski definition) is 7. The first-order valence-corrected chi connectivity index (χ1v) is 13.2. The number of nitrogens with zero attached hydrogens (tertiary/aromatic N) is 3. The van der Waals surface area contributed by atoms with Gasteiger partial charge in [0.25, 0.3) is 0 Å². The topological polar surface area (TPSA) is 90.8 Å². The molecule has 1 fully saturated rings. The number of ether oxygens (including phenoxy) is 3. The van der Waals surface area contributed by atoms with Crippen LogP contribution in [0.2, 0.25) is 0 Å². The van der Waals surface area contributed by atoms with Crippen molar-refractivity contribution < 1.29 is 37.0 Å². The van der Waals surface area contributed by atoms with Crippen molar-refractivity contribution in [3.8, 4) is 17.0 Å². The summed E-state index contributed by atoms with van der Waals surface area (Å²) >= 11 is 0. The Morgan fingerprint density at radius 1 is 1.07 bits per heavy atom. The van der Waals surface area contributed by atoms with Crippen LogP contribution in [-0.4, -0.2) is 40.6 Å². The number of esters is 1. The second-order valence-corrected chi connectivity index (χ2v) is 10.8. The number of rotatable bonds is 8. The molecule has 2 heterocycles. The van der Waals surface area contributed by atoms with Crippen LogP contribution in [0.15, 0.2) is 54.7 Å². The third-order valence-corrected chi connectivity index (χ3v) is 6.27. The van der Waals surface area contributed by atoms with Crippen LogP contribution in [0.5, 0.6) is 5.75 Å². The van der Waals surface area contributed by atoms with Crippen molar-refractivity contribution in [1.82, 2.24) is 9.97 Å². The lowest BCUT2D eigenvalue weighted by Crippen LogP contribution is -2.37. The van der Waals surface area contributed by atoms with Crippen LogP contribution in [0.1, 0.15) is 56.9 Å². The van der Waals surface area contributed by atoms with E-state index in [-0.39, 0.29) is 30.2 Å². The molecule has 0 bridgehead atoms. The number of carbonyl (C=O) groups is 2. The Morgan fingerprint density at radius 2 is 1.83 bits per heavy atom. The molecule has 218 valence electrons. The van der Waals surface area contributed by atoms with Crippen LogP contribution >= 0.6 is 0 Å². The smallest absolute Gasteiger partial charge is 0.466 e. The third-order valence-electron chi connectivity index (χ3n) is 6.27. The van der Waals surface area contributed by atoms with E-state index in [9.17, 15) is 22.8 Å². The Morgan fingerprint density at radius 3 is 2.46 bits per heavy atom. The molecule has 1 amide bonds. The average Bonchev–Trinajstić information content (AvgIpc) is 3.67. The summed E-state index contributed by atoms with van der Waals surface area (Å²) in [5, 5.41) is 0. The molecule has 1 aliphatic carbocycles. The Kier molecular flexibility index (Phi) is 8.55. The van der Waals surface area contributed by atoms with Gasteiger partial charge in [0.1, 0.15) is 17.2 Å². The van der Waals surface area contributed by atoms with Crippen molar-refractivity contribution in [2.75, 3.05) is 11.5 Å². The predicted octanol–water partition coefficient (Wildman–Crippen LogP) is 6.96. The lowest BCUT2D eigenvalue weighted by molar-refractivity contribution is -0.274. The second-order valence-electron chi connectivity index (χ2n) is 10.8. The Labute approximate surface area is 236 Å². The first kappa shape index (κ1) is 29.8. The largest absolute Gasteiger partial charge is 0.573 e. The van der Waals surface area contributed by atoms with Crippen LogP contribution < -0.4 is 9.64 Å². The number of pyridine rings is 2. The van der Waals surface area contributed by atoms with E-state index in [0.29, 0.717) is 29.8 Å². The van der Waals surface area contributed by atoms with Crippen molar-refractivity contribution in [2.24, 2.45) is 5.92 Å². The number of hydrogen-bond donors (Lipinski definition) is 0. The molecule has 4 rings (SSSR count). The minimum Gasteiger partial charge on any atom is -0.466 e. The van der Waals surface area contributed by atoms with E-state index in [1.807, 2.05) is 19.1 Å². The highest BCUT2D eigenvalue weighted by molar-refractivity contribution is 5.87. The molecule has 2 atom stereocenters. The van der Waals surface area contributed by atoms with E-state index < -0.39 is 23.8 Å². The predicted molar refractivity (Wildman–Crippen MR) is 145 cm³/mol. The van der Waals surface area contributed by atoms with Gasteiger partial charge in [-0.25, -0.2) is 9.78 Å². The minimum absolute atomic E-state index is 0.000908. The maximum absolute atomic E-state index is 13.1. The molecule has 11 heteroatoms. The number of aryl methyl sites for hydroxylation is 1. The number of amides is 1. The van der Waals surface area contributed by atoms with Crippen LogP contribution in [0, 0.1) is 12.8 Å². The zero-order valence-electron chi connectivity index (χ0n) is 23.5. The molecule has 8 nitrogen and oxygen atoms in total. The van der Waals surface area contributed by atoms with Crippen LogP contribution in [0.25, 0.3) is 11.3 Å². The number of aromatic nitrogens is 2. The van der Waals surface area contributed by atoms with E-state index >= 15 is 0 Å². The first-order chi connectivity index (χ1) is 19.2. The van der Waals surface area contributed by atoms with Gasteiger partial charge in [0.05, 0.1) is 24.8 Å². The van der Waals surface area contributed by atoms with Gasteiger partial charge in [-0.15, -0.1) is 13.2 Å². The van der Waals surface area contributed by atoms with Crippen LogP contribution in [-0.2, 0) is 20.8 Å². The summed E-state index contributed by atoms with van der Waals surface area (Å²) in [6.07, 6.45) is -3.31. The fourth-order valence-electron chi connectivity index (χ4n) is 4.36. The number of carbonyl (C=O) groups excluding carboxylic acids is 2. The van der Waals surface area contributed by atoms with E-state index in [1.54, 1.807) is 52.1 Å². The monoisotopic (exact) mass is 571 g/mol. The molecule has 0 saturated heterocycles. The van der Waals surface area contributed by atoms with Crippen molar-refractivity contribution in [3.05, 3.63) is 71.5 Å². The molecule has 1 aliphatic rings. The Bertz CT molecular complexity index is 1400. The summed E-state index contributed by atoms with van der Waals surface area (Å²) in [6, 6.07) is 12.5. The summed E-state index contributed by atoms with van der Waals surface area (Å²) in [5.74, 6) is -0.570. The van der Waals surface area contributed by atoms with E-state index in [2.05, 4.69) is 9.72 Å². The highest BCUT2D eigenvalue weighted by atomic mass is 19.4. The number of anilines is 1. The van der Waals surface area contributed by atoms with Gasteiger partial charge in [-0.05, 0) is 82.5 Å². The number of alkyl halides is 3. The molecule has 3 aromatic rings. The SMILES string of the molecule is CCOC(=O)[C@@H]1C[C@H]1c1nc(-c2ccc(N(Cc3cccc(OC(F)(F)F)c3)C(=O)OC(C)(C)C)nc2)ccc1C. The summed E-state index contributed by atoms with van der Waals surface area (Å²) in [5.41, 5.74) is 2.72. The molecule has 41 heavy (non-hydrogen) atoms. The molecule has 0 radical (unpaired) electrons. The lowest BCUT2D eigenvalue weighted by atomic mass is 10.1. The van der Waals surface area contributed by atoms with Gasteiger partial charge in [-0.1, -0.05) is 18.2 Å². The highest BCUT2D eigenvalue weighted by Gasteiger charge is 2.46. The van der Waals surface area contributed by atoms with E-state index in [1.165, 1.54) is 23.1 Å². The normalized spacial score (nSPS) is 16.6. The van der Waals surface area contributed by atoms with Gasteiger partial charge >= 0.3 is 18.4 Å². The third kappa shape index (κ3) is 7.96. The van der Waals surface area contributed by atoms with E-state index in [0.717, 1.165) is 11.3 Å². The maximum atomic E-state index is 13.1. The quantitative estimate of drug-likeness (QED) is 0.270. The van der Waals surface area contributed by atoms with Gasteiger partial charge in [-0.2, -0.15) is 0 Å². The van der Waals surface area contributed by atoms with Crippen molar-refractivity contribution in [1.29, 1.82) is 0 Å². The van der Waals surface area contributed by atoms with Gasteiger partial charge in [0, 0.05) is 23.4 Å². The molecule has 0 spiro atoms. The van der Waals surface area contributed by atoms with Crippen LogP contribution in [0.3, 0.4) is 0 Å². The highest BCUT2D eigenvalue weighted by Crippen LogP contribution is 2.48. The summed E-state index contributed by atoms with van der Waals surface area (Å²) < 4.78 is 52.9. The second kappa shape index (κ2) is 11.8. The van der Waals surface area contributed by atoms with Gasteiger partial charge in [0.2, 0.25) is 0 Å². The fourth-order valence-corrected chi connectivity index (χ4v) is 4.36. The van der Waals surface area contributed by atoms with Crippen molar-refractivity contribution >= 4 is 17.9 Å². The summed E-state index contributed by atoms with van der Waals surface area (Å²) in [6.45, 7) is 9.08. The standard InChI is InChI=1S/C30H32F3N3O5/c1-6-39-27(37)23-15-22(23)26-18(2)10-12-24(35-26)20-11-13-25(34-16-20)36(28(38)41-29(3,4)5)17-19-8-7-9-21(14-19)40-30(31,32)33/h7-14,16,22-23H,6,15,17H2,1-5H3/t22-,23-/m1/s1. The minimum atomic E-state index is -4.84. The molecule has 0 N–H and O–H groups in total. The van der Waals surface area contributed by atoms with Crippen LogP contribution in [0.4, 0.5) is 23.8 Å². The summed E-state index contributed by atoms with van der Waals surface area (Å²) in [4.78, 5) is 35.8. The van der Waals surface area contributed by atoms with Gasteiger partial charge in [-0.3, -0.25) is 14.7 Å². The molecular formula is C30H32F3N3O5. The lowest BCUT2D eigenvalue weighted by Gasteiger charge is -2.27. The molecule has 2 aromatic heterocycles. The zero-order chi connectivity index (χ0) is 29.9. The van der Waals surface area contributed by atoms with E-state index in [4.69, 9.17) is 14.5 Å². The molecule has 1 aromatic carbocycles. The Hall–Kier alpha value is -4.15. The Balaban J connectivity index is 1.58. The fraction of sp³-hybridized carbons (Fsp3) is 0.400. The number of halogens is 3. The first-order valence-electron chi connectivity index (χ1n) is 13.2. The maximum Gasteiger partial charge on any atom is 0.573 e. The number of benzene rings is 1.